The van der Waals surface area contributed by atoms with Gasteiger partial charge in [-0.1, -0.05) is 19.8 Å². The number of nitrogen functional groups attached to an aromatic ring is 1. The Kier molecular flexibility index (Phi) is 3.47. The van der Waals surface area contributed by atoms with Crippen LogP contribution in [-0.4, -0.2) is 27.4 Å². The first-order valence-corrected chi connectivity index (χ1v) is 6.12. The molecule has 5 heteroatoms. The fraction of sp³-hybridized carbons (Fsp3) is 0.667. The van der Waals surface area contributed by atoms with Crippen molar-refractivity contribution in [3.05, 3.63) is 12.1 Å². The van der Waals surface area contributed by atoms with E-state index in [1.54, 1.807) is 12.1 Å². The van der Waals surface area contributed by atoms with Crippen molar-refractivity contribution >= 4 is 11.6 Å². The third-order valence-electron chi connectivity index (χ3n) is 3.47. The Hall–Kier alpha value is -1.36. The average molecular weight is 236 g/mol. The van der Waals surface area contributed by atoms with Gasteiger partial charge in [-0.05, 0) is 30.9 Å². The minimum absolute atomic E-state index is 0.128. The molecule has 0 saturated heterocycles. The molecule has 1 aromatic heterocycles. The number of aliphatic hydroxyl groups excluding tert-OH is 1. The Bertz CT molecular complexity index is 367. The Balaban J connectivity index is 2.10. The molecule has 1 heterocycles. The number of nitrogens with two attached hydrogens (primary N) is 1. The molecule has 0 aromatic carbocycles. The third-order valence-corrected chi connectivity index (χ3v) is 3.47. The first-order chi connectivity index (χ1) is 8.13. The maximum Gasteiger partial charge on any atom is 0.149 e. The van der Waals surface area contributed by atoms with E-state index in [2.05, 4.69) is 22.4 Å². The predicted molar refractivity (Wildman–Crippen MR) is 67.5 cm³/mol. The van der Waals surface area contributed by atoms with Crippen LogP contribution in [0.4, 0.5) is 11.6 Å². The monoisotopic (exact) mass is 236 g/mol. The minimum atomic E-state index is -0.248. The van der Waals surface area contributed by atoms with Crippen LogP contribution in [-0.2, 0) is 0 Å². The first-order valence-electron chi connectivity index (χ1n) is 6.12. The number of anilines is 2. The van der Waals surface area contributed by atoms with Gasteiger partial charge in [0.2, 0.25) is 0 Å². The molecule has 0 amide bonds. The molecule has 2 rings (SSSR count). The van der Waals surface area contributed by atoms with Gasteiger partial charge in [0.05, 0.1) is 12.1 Å². The summed E-state index contributed by atoms with van der Waals surface area (Å²) in [6, 6.07) is 3.52. The predicted octanol–water partition coefficient (Wildman–Crippen LogP) is 1.41. The maximum atomic E-state index is 9.64. The van der Waals surface area contributed by atoms with Crippen LogP contribution in [0.3, 0.4) is 0 Å². The van der Waals surface area contributed by atoms with Crippen molar-refractivity contribution < 1.29 is 5.11 Å². The second kappa shape index (κ2) is 4.87. The second-order valence-corrected chi connectivity index (χ2v) is 5.11. The smallest absolute Gasteiger partial charge is 0.149 e. The molecule has 5 nitrogen and oxygen atoms in total. The molecule has 1 fully saturated rings. The van der Waals surface area contributed by atoms with Gasteiger partial charge < -0.3 is 16.2 Å². The van der Waals surface area contributed by atoms with E-state index in [0.717, 1.165) is 19.3 Å². The lowest BCUT2D eigenvalue weighted by Gasteiger charge is -2.39. The second-order valence-electron chi connectivity index (χ2n) is 5.11. The number of nitrogens with one attached hydrogen (secondary N) is 1. The topological polar surface area (TPSA) is 84.1 Å². The Morgan fingerprint density at radius 1 is 1.53 bits per heavy atom. The molecule has 1 saturated carbocycles. The van der Waals surface area contributed by atoms with E-state index in [-0.39, 0.29) is 12.1 Å². The summed E-state index contributed by atoms with van der Waals surface area (Å²) in [4.78, 5) is 0. The molecule has 0 radical (unpaired) electrons. The molecule has 94 valence electrons. The zero-order chi connectivity index (χ0) is 12.3. The number of rotatable bonds is 3. The van der Waals surface area contributed by atoms with E-state index >= 15 is 0 Å². The number of aliphatic hydroxyl groups is 1. The summed E-state index contributed by atoms with van der Waals surface area (Å²) < 4.78 is 0. The Labute approximate surface area is 101 Å². The highest BCUT2D eigenvalue weighted by Crippen LogP contribution is 2.34. The highest BCUT2D eigenvalue weighted by atomic mass is 16.3. The molecule has 1 aliphatic rings. The molecule has 0 bridgehead atoms. The summed E-state index contributed by atoms with van der Waals surface area (Å²) in [6.45, 7) is 2.35. The highest BCUT2D eigenvalue weighted by molar-refractivity contribution is 5.41. The van der Waals surface area contributed by atoms with Crippen molar-refractivity contribution in [3.8, 4) is 0 Å². The van der Waals surface area contributed by atoms with Crippen molar-refractivity contribution in [1.29, 1.82) is 0 Å². The van der Waals surface area contributed by atoms with Crippen molar-refractivity contribution in [2.45, 2.75) is 38.1 Å². The molecule has 0 aliphatic heterocycles. The zero-order valence-corrected chi connectivity index (χ0v) is 10.2. The molecule has 17 heavy (non-hydrogen) atoms. The highest BCUT2D eigenvalue weighted by Gasteiger charge is 2.34. The van der Waals surface area contributed by atoms with Gasteiger partial charge in [0.1, 0.15) is 11.6 Å². The van der Waals surface area contributed by atoms with Crippen molar-refractivity contribution in [2.24, 2.45) is 5.92 Å². The largest absolute Gasteiger partial charge is 0.394 e. The van der Waals surface area contributed by atoms with E-state index in [9.17, 15) is 5.11 Å². The molecule has 2 unspecified atom stereocenters. The van der Waals surface area contributed by atoms with Crippen LogP contribution in [0.2, 0.25) is 0 Å². The van der Waals surface area contributed by atoms with Crippen LogP contribution >= 0.6 is 0 Å². The molecule has 0 spiro atoms. The standard InChI is InChI=1S/C12H20N4O/c1-9-3-2-6-12(7-9,8-17)14-11-5-4-10(13)15-16-11/h4-5,9,17H,2-3,6-8H2,1H3,(H2,13,15)(H,14,16). The maximum absolute atomic E-state index is 9.64. The van der Waals surface area contributed by atoms with E-state index < -0.39 is 0 Å². The molecule has 2 atom stereocenters. The molecule has 1 aliphatic carbocycles. The van der Waals surface area contributed by atoms with E-state index in [0.29, 0.717) is 17.6 Å². The number of hydrogen-bond donors (Lipinski definition) is 3. The van der Waals surface area contributed by atoms with Gasteiger partial charge in [0.15, 0.2) is 0 Å². The van der Waals surface area contributed by atoms with Gasteiger partial charge in [-0.3, -0.25) is 0 Å². The lowest BCUT2D eigenvalue weighted by Crippen LogP contribution is -2.46. The molecule has 1 aromatic rings. The van der Waals surface area contributed by atoms with Gasteiger partial charge in [0, 0.05) is 0 Å². The molecular weight excluding hydrogens is 216 g/mol. The van der Waals surface area contributed by atoms with Crippen LogP contribution in [0.5, 0.6) is 0 Å². The van der Waals surface area contributed by atoms with E-state index in [1.807, 2.05) is 0 Å². The fourth-order valence-electron chi connectivity index (χ4n) is 2.64. The van der Waals surface area contributed by atoms with Gasteiger partial charge in [-0.2, -0.15) is 0 Å². The zero-order valence-electron chi connectivity index (χ0n) is 10.2. The number of hydrogen-bond acceptors (Lipinski definition) is 5. The van der Waals surface area contributed by atoms with Crippen LogP contribution in [0.15, 0.2) is 12.1 Å². The Morgan fingerprint density at radius 2 is 2.35 bits per heavy atom. The lowest BCUT2D eigenvalue weighted by atomic mass is 9.77. The van der Waals surface area contributed by atoms with Gasteiger partial charge in [-0.15, -0.1) is 10.2 Å². The number of aromatic nitrogens is 2. The first kappa shape index (κ1) is 12.1. The third kappa shape index (κ3) is 2.85. The van der Waals surface area contributed by atoms with E-state index in [1.165, 1.54) is 6.42 Å². The van der Waals surface area contributed by atoms with Crippen LogP contribution in [0.25, 0.3) is 0 Å². The summed E-state index contributed by atoms with van der Waals surface area (Å²) in [7, 11) is 0. The summed E-state index contributed by atoms with van der Waals surface area (Å²) in [5.74, 6) is 1.72. The number of nitrogens with zero attached hydrogens (tertiary/aromatic N) is 2. The SMILES string of the molecule is CC1CCCC(CO)(Nc2ccc(N)nn2)C1. The Morgan fingerprint density at radius 3 is 2.94 bits per heavy atom. The summed E-state index contributed by atoms with van der Waals surface area (Å²) in [6.07, 6.45) is 4.31. The van der Waals surface area contributed by atoms with Crippen LogP contribution in [0.1, 0.15) is 32.6 Å². The normalized spacial score (nSPS) is 28.9. The van der Waals surface area contributed by atoms with Crippen LogP contribution < -0.4 is 11.1 Å². The van der Waals surface area contributed by atoms with Gasteiger partial charge in [-0.25, -0.2) is 0 Å². The summed E-state index contributed by atoms with van der Waals surface area (Å²) in [5.41, 5.74) is 5.25. The van der Waals surface area contributed by atoms with Gasteiger partial charge in [0.25, 0.3) is 0 Å². The van der Waals surface area contributed by atoms with Crippen LogP contribution in [0, 0.1) is 5.92 Å². The molecular formula is C12H20N4O. The minimum Gasteiger partial charge on any atom is -0.394 e. The summed E-state index contributed by atoms with van der Waals surface area (Å²) >= 11 is 0. The van der Waals surface area contributed by atoms with Crippen molar-refractivity contribution in [1.82, 2.24) is 10.2 Å². The van der Waals surface area contributed by atoms with Gasteiger partial charge >= 0.3 is 0 Å². The summed E-state index contributed by atoms with van der Waals surface area (Å²) in [5, 5.41) is 20.8. The quantitative estimate of drug-likeness (QED) is 0.739. The molecule has 4 N–H and O–H groups in total. The van der Waals surface area contributed by atoms with Crippen molar-refractivity contribution in [2.75, 3.05) is 17.7 Å². The van der Waals surface area contributed by atoms with Crippen molar-refractivity contribution in [3.63, 3.8) is 0 Å². The van der Waals surface area contributed by atoms with E-state index in [4.69, 9.17) is 5.73 Å². The lowest BCUT2D eigenvalue weighted by molar-refractivity contribution is 0.149. The fourth-order valence-corrected chi connectivity index (χ4v) is 2.64. The average Bonchev–Trinajstić information content (AvgIpc) is 2.32.